The Morgan fingerprint density at radius 3 is 2.89 bits per heavy atom. The van der Waals surface area contributed by atoms with Gasteiger partial charge in [0.1, 0.15) is 0 Å². The average molecular weight is 244 g/mol. The topological polar surface area (TPSA) is 24.7 Å². The molecule has 0 fully saturated rings. The molecule has 0 saturated carbocycles. The van der Waals surface area contributed by atoms with E-state index in [-0.39, 0.29) is 0 Å². The van der Waals surface area contributed by atoms with Crippen molar-refractivity contribution in [2.24, 2.45) is 9.98 Å². The number of rotatable bonds is 0. The van der Waals surface area contributed by atoms with Crippen LogP contribution in [0, 0.1) is 0 Å². The standard InChI is InChI=1S/C17H12N2/c1-2-6-14-12(5-1)8-9-13-11-16-15(19-17(13)14)7-3-4-10-18-16/h1-10H,11H2. The zero-order valence-corrected chi connectivity index (χ0v) is 10.4. The summed E-state index contributed by atoms with van der Waals surface area (Å²) in [4.78, 5) is 9.28. The van der Waals surface area contributed by atoms with Crippen molar-refractivity contribution in [2.45, 2.75) is 6.42 Å². The van der Waals surface area contributed by atoms with Gasteiger partial charge in [-0.15, -0.1) is 0 Å². The predicted molar refractivity (Wildman–Crippen MR) is 80.5 cm³/mol. The second-order valence-corrected chi connectivity index (χ2v) is 4.74. The van der Waals surface area contributed by atoms with E-state index in [1.165, 1.54) is 16.3 Å². The number of nitrogens with zero attached hydrogens (tertiary/aromatic N) is 2. The summed E-state index contributed by atoms with van der Waals surface area (Å²) in [6.45, 7) is 0. The van der Waals surface area contributed by atoms with Gasteiger partial charge < -0.3 is 0 Å². The highest BCUT2D eigenvalue weighted by molar-refractivity contribution is 6.48. The maximum Gasteiger partial charge on any atom is 0.0855 e. The van der Waals surface area contributed by atoms with Crippen molar-refractivity contribution >= 4 is 27.9 Å². The molecule has 2 aliphatic rings. The molecule has 0 aliphatic carbocycles. The molecule has 2 heterocycles. The van der Waals surface area contributed by atoms with Gasteiger partial charge in [0.25, 0.3) is 0 Å². The Hall–Kier alpha value is -2.48. The molecule has 2 aromatic rings. The highest BCUT2D eigenvalue weighted by atomic mass is 14.8. The molecule has 0 aromatic heterocycles. The Bertz CT molecular complexity index is 792. The maximum absolute atomic E-state index is 4.81. The van der Waals surface area contributed by atoms with Crippen LogP contribution in [0.5, 0.6) is 0 Å². The van der Waals surface area contributed by atoms with Gasteiger partial charge in [0.05, 0.1) is 17.1 Å². The fraction of sp³-hybridized carbons (Fsp3) is 0.0588. The molecule has 2 nitrogen and oxygen atoms in total. The molecule has 0 saturated heterocycles. The van der Waals surface area contributed by atoms with Gasteiger partial charge in [0.15, 0.2) is 0 Å². The minimum absolute atomic E-state index is 0.855. The molecule has 0 atom stereocenters. The summed E-state index contributed by atoms with van der Waals surface area (Å²) in [5, 5.41) is 2.46. The Balaban J connectivity index is 2.02. The van der Waals surface area contributed by atoms with E-state index in [0.29, 0.717) is 0 Å². The normalized spacial score (nSPS) is 16.4. The Morgan fingerprint density at radius 2 is 1.89 bits per heavy atom. The predicted octanol–water partition coefficient (Wildman–Crippen LogP) is 3.99. The van der Waals surface area contributed by atoms with Gasteiger partial charge in [0, 0.05) is 18.0 Å². The molecule has 19 heavy (non-hydrogen) atoms. The summed E-state index contributed by atoms with van der Waals surface area (Å²) in [5.41, 5.74) is 4.38. The van der Waals surface area contributed by atoms with E-state index in [4.69, 9.17) is 4.99 Å². The van der Waals surface area contributed by atoms with Crippen molar-refractivity contribution < 1.29 is 0 Å². The molecule has 4 rings (SSSR count). The van der Waals surface area contributed by atoms with Crippen LogP contribution in [0.15, 0.2) is 70.8 Å². The fourth-order valence-corrected chi connectivity index (χ4v) is 2.61. The summed E-state index contributed by atoms with van der Waals surface area (Å²) in [7, 11) is 0. The van der Waals surface area contributed by atoms with E-state index in [0.717, 1.165) is 23.5 Å². The smallest absolute Gasteiger partial charge is 0.0855 e. The van der Waals surface area contributed by atoms with E-state index >= 15 is 0 Å². The second kappa shape index (κ2) is 4.02. The average Bonchev–Trinajstić information content (AvgIpc) is 2.69. The fourth-order valence-electron chi connectivity index (χ4n) is 2.61. The van der Waals surface area contributed by atoms with Crippen LogP contribution in [-0.2, 0) is 6.42 Å². The van der Waals surface area contributed by atoms with Gasteiger partial charge in [-0.05, 0) is 23.1 Å². The van der Waals surface area contributed by atoms with Gasteiger partial charge in [0.2, 0.25) is 0 Å². The Kier molecular flexibility index (Phi) is 2.21. The number of hydrogen-bond acceptors (Lipinski definition) is 2. The van der Waals surface area contributed by atoms with Crippen LogP contribution in [-0.4, -0.2) is 11.4 Å². The third kappa shape index (κ3) is 1.65. The van der Waals surface area contributed by atoms with E-state index < -0.39 is 0 Å². The lowest BCUT2D eigenvalue weighted by Crippen LogP contribution is -2.18. The molecular weight excluding hydrogens is 232 g/mol. The minimum Gasteiger partial charge on any atom is -0.259 e. The minimum atomic E-state index is 0.855. The van der Waals surface area contributed by atoms with Crippen molar-refractivity contribution in [1.29, 1.82) is 0 Å². The first-order chi connectivity index (χ1) is 9.42. The van der Waals surface area contributed by atoms with E-state index in [2.05, 4.69) is 41.4 Å². The molecule has 90 valence electrons. The first-order valence-electron chi connectivity index (χ1n) is 6.41. The highest BCUT2D eigenvalue weighted by Gasteiger charge is 2.18. The van der Waals surface area contributed by atoms with Crippen molar-refractivity contribution in [3.63, 3.8) is 0 Å². The third-order valence-electron chi connectivity index (χ3n) is 3.55. The van der Waals surface area contributed by atoms with Crippen LogP contribution in [0.2, 0.25) is 0 Å². The van der Waals surface area contributed by atoms with Crippen molar-refractivity contribution in [3.05, 3.63) is 66.4 Å². The molecule has 2 heteroatoms. The van der Waals surface area contributed by atoms with Crippen LogP contribution < -0.4 is 0 Å². The zero-order valence-electron chi connectivity index (χ0n) is 10.4. The summed E-state index contributed by atoms with van der Waals surface area (Å²) < 4.78 is 0. The Morgan fingerprint density at radius 1 is 0.947 bits per heavy atom. The summed E-state index contributed by atoms with van der Waals surface area (Å²) in [6, 6.07) is 12.7. The summed E-state index contributed by atoms with van der Waals surface area (Å²) in [5.74, 6) is 0. The first kappa shape index (κ1) is 10.4. The zero-order chi connectivity index (χ0) is 12.7. The molecule has 0 radical (unpaired) electrons. The molecule has 0 spiro atoms. The van der Waals surface area contributed by atoms with E-state index in [1.807, 2.05) is 24.4 Å². The molecule has 2 aliphatic heterocycles. The number of aliphatic imine (C=N–C) groups is 2. The molecule has 0 N–H and O–H groups in total. The SMILES string of the molecule is C1=CN=C2Cc3ccc4ccccc4c3N=C2C=C1. The summed E-state index contributed by atoms with van der Waals surface area (Å²) >= 11 is 0. The number of hydrogen-bond donors (Lipinski definition) is 0. The maximum atomic E-state index is 4.81. The van der Waals surface area contributed by atoms with Crippen LogP contribution in [0.4, 0.5) is 5.69 Å². The van der Waals surface area contributed by atoms with Crippen LogP contribution >= 0.6 is 0 Å². The van der Waals surface area contributed by atoms with Gasteiger partial charge in [-0.3, -0.25) is 4.99 Å². The number of benzene rings is 2. The van der Waals surface area contributed by atoms with Crippen LogP contribution in [0.1, 0.15) is 5.56 Å². The molecular formula is C17H12N2. The third-order valence-corrected chi connectivity index (χ3v) is 3.55. The summed E-state index contributed by atoms with van der Waals surface area (Å²) in [6.07, 6.45) is 8.66. The van der Waals surface area contributed by atoms with Gasteiger partial charge in [-0.25, -0.2) is 4.99 Å². The lowest BCUT2D eigenvalue weighted by Gasteiger charge is -2.17. The lowest BCUT2D eigenvalue weighted by molar-refractivity contribution is 1.29. The van der Waals surface area contributed by atoms with Gasteiger partial charge >= 0.3 is 0 Å². The highest BCUT2D eigenvalue weighted by Crippen LogP contribution is 2.33. The van der Waals surface area contributed by atoms with Gasteiger partial charge in [-0.2, -0.15) is 0 Å². The molecule has 0 bridgehead atoms. The number of fused-ring (bicyclic) bond motifs is 4. The molecule has 0 unspecified atom stereocenters. The van der Waals surface area contributed by atoms with Crippen LogP contribution in [0.25, 0.3) is 10.8 Å². The van der Waals surface area contributed by atoms with Crippen molar-refractivity contribution in [3.8, 4) is 0 Å². The molecule has 2 aromatic carbocycles. The van der Waals surface area contributed by atoms with Crippen molar-refractivity contribution in [2.75, 3.05) is 0 Å². The van der Waals surface area contributed by atoms with E-state index in [1.54, 1.807) is 0 Å². The van der Waals surface area contributed by atoms with Crippen LogP contribution in [0.3, 0.4) is 0 Å². The quantitative estimate of drug-likeness (QED) is 0.669. The van der Waals surface area contributed by atoms with Crippen molar-refractivity contribution in [1.82, 2.24) is 0 Å². The van der Waals surface area contributed by atoms with E-state index in [9.17, 15) is 0 Å². The monoisotopic (exact) mass is 244 g/mol. The second-order valence-electron chi connectivity index (χ2n) is 4.74. The first-order valence-corrected chi connectivity index (χ1v) is 6.41. The Labute approximate surface area is 111 Å². The lowest BCUT2D eigenvalue weighted by atomic mass is 9.95. The number of allylic oxidation sites excluding steroid dienone is 3. The van der Waals surface area contributed by atoms with Gasteiger partial charge in [-0.1, -0.05) is 42.5 Å². The largest absolute Gasteiger partial charge is 0.259 e. The molecule has 0 amide bonds.